The maximum atomic E-state index is 11.5. The van der Waals surface area contributed by atoms with Crippen LogP contribution in [0.3, 0.4) is 0 Å². The van der Waals surface area contributed by atoms with Gasteiger partial charge in [0.05, 0.1) is 0 Å². The SMILES string of the molecule is CC(C)(C)C1CC(=O)N(CCS)C1. The summed E-state index contributed by atoms with van der Waals surface area (Å²) in [5.41, 5.74) is 0.251. The molecular formula is C10H19NOS. The fourth-order valence-electron chi connectivity index (χ4n) is 1.69. The Labute approximate surface area is 86.1 Å². The van der Waals surface area contributed by atoms with Gasteiger partial charge in [0.2, 0.25) is 5.91 Å². The minimum atomic E-state index is 0.251. The van der Waals surface area contributed by atoms with Crippen LogP contribution in [0.15, 0.2) is 0 Å². The molecule has 0 N–H and O–H groups in total. The number of likely N-dealkylation sites (tertiary alicyclic amines) is 1. The largest absolute Gasteiger partial charge is 0.342 e. The van der Waals surface area contributed by atoms with Crippen LogP contribution in [0.25, 0.3) is 0 Å². The van der Waals surface area contributed by atoms with Crippen molar-refractivity contribution in [2.75, 3.05) is 18.8 Å². The van der Waals surface area contributed by atoms with Crippen molar-refractivity contribution in [2.45, 2.75) is 27.2 Å². The normalized spacial score (nSPS) is 24.2. The highest BCUT2D eigenvalue weighted by molar-refractivity contribution is 7.80. The second-order valence-corrected chi connectivity index (χ2v) is 5.28. The van der Waals surface area contributed by atoms with E-state index in [2.05, 4.69) is 33.4 Å². The zero-order chi connectivity index (χ0) is 10.1. The number of hydrogen-bond acceptors (Lipinski definition) is 2. The lowest BCUT2D eigenvalue weighted by Gasteiger charge is -2.26. The predicted octanol–water partition coefficient (Wildman–Crippen LogP) is 1.81. The molecule has 0 aromatic carbocycles. The molecule has 1 aliphatic rings. The third-order valence-electron chi connectivity index (χ3n) is 2.81. The molecule has 0 aromatic rings. The van der Waals surface area contributed by atoms with Gasteiger partial charge in [-0.05, 0) is 11.3 Å². The maximum absolute atomic E-state index is 11.5. The van der Waals surface area contributed by atoms with Gasteiger partial charge in [0.25, 0.3) is 0 Å². The van der Waals surface area contributed by atoms with Crippen LogP contribution >= 0.6 is 12.6 Å². The van der Waals surface area contributed by atoms with Crippen LogP contribution in [0.4, 0.5) is 0 Å². The molecule has 0 spiro atoms. The number of thiol groups is 1. The van der Waals surface area contributed by atoms with E-state index >= 15 is 0 Å². The Bertz CT molecular complexity index is 198. The van der Waals surface area contributed by atoms with Crippen molar-refractivity contribution in [3.8, 4) is 0 Å². The Balaban J connectivity index is 2.55. The van der Waals surface area contributed by atoms with Gasteiger partial charge in [0.15, 0.2) is 0 Å². The van der Waals surface area contributed by atoms with E-state index in [1.165, 1.54) is 0 Å². The number of hydrogen-bond donors (Lipinski definition) is 1. The highest BCUT2D eigenvalue weighted by atomic mass is 32.1. The molecule has 1 rings (SSSR count). The summed E-state index contributed by atoms with van der Waals surface area (Å²) in [6.07, 6.45) is 0.720. The van der Waals surface area contributed by atoms with E-state index in [1.54, 1.807) is 0 Å². The average molecular weight is 201 g/mol. The first-order valence-corrected chi connectivity index (χ1v) is 5.47. The molecule has 0 bridgehead atoms. The highest BCUT2D eigenvalue weighted by Gasteiger charge is 2.36. The first-order valence-electron chi connectivity index (χ1n) is 4.84. The molecular weight excluding hydrogens is 182 g/mol. The number of carbonyl (C=O) groups excluding carboxylic acids is 1. The van der Waals surface area contributed by atoms with Gasteiger partial charge in [-0.15, -0.1) is 0 Å². The summed E-state index contributed by atoms with van der Waals surface area (Å²) in [4.78, 5) is 13.4. The van der Waals surface area contributed by atoms with E-state index in [0.29, 0.717) is 11.8 Å². The van der Waals surface area contributed by atoms with E-state index in [4.69, 9.17) is 0 Å². The van der Waals surface area contributed by atoms with E-state index in [0.717, 1.165) is 25.3 Å². The van der Waals surface area contributed by atoms with Gasteiger partial charge in [-0.25, -0.2) is 0 Å². The standard InChI is InChI=1S/C10H19NOS/c1-10(2,3)8-6-9(12)11(7-8)4-5-13/h8,13H,4-7H2,1-3H3. The van der Waals surface area contributed by atoms with E-state index in [-0.39, 0.29) is 5.41 Å². The third-order valence-corrected chi connectivity index (χ3v) is 3.01. The molecule has 13 heavy (non-hydrogen) atoms. The summed E-state index contributed by atoms with van der Waals surface area (Å²) in [5, 5.41) is 0. The molecule has 0 aliphatic carbocycles. The summed E-state index contributed by atoms with van der Waals surface area (Å²) in [6, 6.07) is 0. The Morgan fingerprint density at radius 1 is 1.54 bits per heavy atom. The van der Waals surface area contributed by atoms with Crippen LogP contribution in [0.2, 0.25) is 0 Å². The number of carbonyl (C=O) groups is 1. The van der Waals surface area contributed by atoms with E-state index in [1.807, 2.05) is 4.90 Å². The molecule has 0 saturated carbocycles. The van der Waals surface area contributed by atoms with Crippen molar-refractivity contribution in [3.63, 3.8) is 0 Å². The van der Waals surface area contributed by atoms with Gasteiger partial charge >= 0.3 is 0 Å². The maximum Gasteiger partial charge on any atom is 0.222 e. The Hall–Kier alpha value is -0.180. The Morgan fingerprint density at radius 2 is 2.15 bits per heavy atom. The second kappa shape index (κ2) is 3.91. The first kappa shape index (κ1) is 10.9. The molecule has 2 nitrogen and oxygen atoms in total. The second-order valence-electron chi connectivity index (χ2n) is 4.83. The highest BCUT2D eigenvalue weighted by Crippen LogP contribution is 2.33. The topological polar surface area (TPSA) is 20.3 Å². The van der Waals surface area contributed by atoms with Crippen molar-refractivity contribution in [1.29, 1.82) is 0 Å². The molecule has 1 amide bonds. The quantitative estimate of drug-likeness (QED) is 0.676. The van der Waals surface area contributed by atoms with Crippen molar-refractivity contribution >= 4 is 18.5 Å². The van der Waals surface area contributed by atoms with Gasteiger partial charge in [-0.1, -0.05) is 20.8 Å². The third kappa shape index (κ3) is 2.63. The minimum absolute atomic E-state index is 0.251. The fourth-order valence-corrected chi connectivity index (χ4v) is 1.93. The molecule has 76 valence electrons. The van der Waals surface area contributed by atoms with E-state index < -0.39 is 0 Å². The fraction of sp³-hybridized carbons (Fsp3) is 0.900. The van der Waals surface area contributed by atoms with Crippen LogP contribution in [-0.2, 0) is 4.79 Å². The zero-order valence-electron chi connectivity index (χ0n) is 8.71. The lowest BCUT2D eigenvalue weighted by molar-refractivity contribution is -0.127. The van der Waals surface area contributed by atoms with Crippen LogP contribution in [0, 0.1) is 11.3 Å². The zero-order valence-corrected chi connectivity index (χ0v) is 9.60. The number of nitrogens with zero attached hydrogens (tertiary/aromatic N) is 1. The summed E-state index contributed by atoms with van der Waals surface area (Å²) in [7, 11) is 0. The van der Waals surface area contributed by atoms with Crippen molar-refractivity contribution in [3.05, 3.63) is 0 Å². The predicted molar refractivity (Wildman–Crippen MR) is 58.0 cm³/mol. The van der Waals surface area contributed by atoms with Gasteiger partial charge in [0.1, 0.15) is 0 Å². The summed E-state index contributed by atoms with van der Waals surface area (Å²) >= 11 is 4.14. The number of amides is 1. The van der Waals surface area contributed by atoms with Crippen molar-refractivity contribution < 1.29 is 4.79 Å². The molecule has 1 fully saturated rings. The summed E-state index contributed by atoms with van der Waals surface area (Å²) in [5.74, 6) is 1.58. The van der Waals surface area contributed by atoms with Crippen molar-refractivity contribution in [2.24, 2.45) is 11.3 Å². The molecule has 0 radical (unpaired) electrons. The van der Waals surface area contributed by atoms with Crippen molar-refractivity contribution in [1.82, 2.24) is 4.90 Å². The molecule has 1 aliphatic heterocycles. The van der Waals surface area contributed by atoms with Crippen LogP contribution in [0.5, 0.6) is 0 Å². The van der Waals surface area contributed by atoms with E-state index in [9.17, 15) is 4.79 Å². The first-order chi connectivity index (χ1) is 5.95. The van der Waals surface area contributed by atoms with Crippen LogP contribution in [0.1, 0.15) is 27.2 Å². The molecule has 0 aromatic heterocycles. The van der Waals surface area contributed by atoms with Gasteiger partial charge in [-0.3, -0.25) is 4.79 Å². The summed E-state index contributed by atoms with van der Waals surface area (Å²) in [6.45, 7) is 8.33. The van der Waals surface area contributed by atoms with Gasteiger partial charge in [-0.2, -0.15) is 12.6 Å². The van der Waals surface area contributed by atoms with Gasteiger partial charge in [0, 0.05) is 25.3 Å². The summed E-state index contributed by atoms with van der Waals surface area (Å²) < 4.78 is 0. The minimum Gasteiger partial charge on any atom is -0.342 e. The van der Waals surface area contributed by atoms with Crippen LogP contribution < -0.4 is 0 Å². The molecule has 1 heterocycles. The number of rotatable bonds is 2. The smallest absolute Gasteiger partial charge is 0.222 e. The average Bonchev–Trinajstić information content (AvgIpc) is 2.32. The molecule has 1 atom stereocenters. The Kier molecular flexibility index (Phi) is 3.28. The lowest BCUT2D eigenvalue weighted by Crippen LogP contribution is -2.29. The molecule has 3 heteroatoms. The Morgan fingerprint density at radius 3 is 2.54 bits per heavy atom. The van der Waals surface area contributed by atoms with Crippen LogP contribution in [-0.4, -0.2) is 29.6 Å². The van der Waals surface area contributed by atoms with Gasteiger partial charge < -0.3 is 4.90 Å². The molecule has 1 unspecified atom stereocenters. The lowest BCUT2D eigenvalue weighted by atomic mass is 9.80. The monoisotopic (exact) mass is 201 g/mol. The molecule has 1 saturated heterocycles.